The van der Waals surface area contributed by atoms with Gasteiger partial charge < -0.3 is 0 Å². The Morgan fingerprint density at radius 2 is 0.906 bits per heavy atom. The molecule has 5 nitrogen and oxygen atoms in total. The highest BCUT2D eigenvalue weighted by Crippen LogP contribution is 2.33. The molecule has 0 saturated carbocycles. The van der Waals surface area contributed by atoms with Gasteiger partial charge in [-0.2, -0.15) is 0 Å². The zero-order chi connectivity index (χ0) is 23.6. The van der Waals surface area contributed by atoms with Gasteiger partial charge in [0.25, 0.3) is 0 Å². The van der Waals surface area contributed by atoms with Gasteiger partial charge in [-0.05, 0) is 45.9 Å². The first-order valence-corrected chi connectivity index (χ1v) is 11.6. The van der Waals surface area contributed by atoms with Crippen molar-refractivity contribution in [2.75, 3.05) is 0 Å². The molecule has 0 aliphatic carbocycles. The average Bonchev–Trinajstić information content (AvgIpc) is 3.15. The molecule has 0 N–H and O–H groups in total. The second-order valence-electron chi connectivity index (χ2n) is 9.71. The summed E-state index contributed by atoms with van der Waals surface area (Å²) in [5.74, 6) is 1.30. The van der Waals surface area contributed by atoms with Crippen LogP contribution in [0.2, 0.25) is 0 Å². The van der Waals surface area contributed by atoms with E-state index in [0.717, 1.165) is 11.4 Å². The molecule has 170 valence electrons. The standard InChI is InChI=1S/C27H36N4O/c1-17(2)21-11-9-12-22(18(3)4)25(21)30-15-16-31(27(30)28-29-32)26-23(19(5)6)13-10-14-24(26)20(7)8/h9-20H,1-8H3. The van der Waals surface area contributed by atoms with Gasteiger partial charge in [-0.3, -0.25) is 9.13 Å². The van der Waals surface area contributed by atoms with Crippen LogP contribution < -0.4 is 5.62 Å². The molecule has 0 aliphatic rings. The molecule has 5 heteroatoms. The predicted molar refractivity (Wildman–Crippen MR) is 133 cm³/mol. The van der Waals surface area contributed by atoms with E-state index in [2.05, 4.69) is 102 Å². The minimum absolute atomic E-state index is 0.325. The molecule has 0 bridgehead atoms. The lowest BCUT2D eigenvalue weighted by Gasteiger charge is -2.22. The molecule has 0 fully saturated rings. The first-order chi connectivity index (χ1) is 15.2. The number of para-hydroxylation sites is 2. The first-order valence-electron chi connectivity index (χ1n) is 11.6. The van der Waals surface area contributed by atoms with E-state index >= 15 is 0 Å². The van der Waals surface area contributed by atoms with Crippen molar-refractivity contribution in [1.29, 1.82) is 0 Å². The van der Waals surface area contributed by atoms with Gasteiger partial charge in [0.1, 0.15) is 0 Å². The van der Waals surface area contributed by atoms with Gasteiger partial charge in [-0.1, -0.05) is 96.9 Å². The minimum atomic E-state index is 0.325. The van der Waals surface area contributed by atoms with E-state index in [0.29, 0.717) is 29.3 Å². The fourth-order valence-corrected chi connectivity index (χ4v) is 4.44. The highest BCUT2D eigenvalue weighted by Gasteiger charge is 2.21. The Labute approximate surface area is 191 Å². The average molecular weight is 433 g/mol. The normalized spacial score (nSPS) is 11.8. The molecule has 0 spiro atoms. The van der Waals surface area contributed by atoms with Gasteiger partial charge in [0.05, 0.1) is 16.7 Å². The number of nitrogens with zero attached hydrogens (tertiary/aromatic N) is 4. The Morgan fingerprint density at radius 3 is 1.16 bits per heavy atom. The summed E-state index contributed by atoms with van der Waals surface area (Å²) in [6.45, 7) is 17.6. The molecule has 32 heavy (non-hydrogen) atoms. The summed E-state index contributed by atoms with van der Waals surface area (Å²) in [5.41, 5.74) is 7.60. The fraction of sp³-hybridized carbons (Fsp3) is 0.444. The van der Waals surface area contributed by atoms with Crippen molar-refractivity contribution in [1.82, 2.24) is 9.13 Å². The molecule has 3 rings (SSSR count). The van der Waals surface area contributed by atoms with E-state index in [1.54, 1.807) is 0 Å². The van der Waals surface area contributed by atoms with E-state index in [-0.39, 0.29) is 0 Å². The van der Waals surface area contributed by atoms with Crippen LogP contribution in [0, 0.1) is 4.91 Å². The summed E-state index contributed by atoms with van der Waals surface area (Å²) in [6.07, 6.45) is 4.02. The molecule has 1 heterocycles. The monoisotopic (exact) mass is 432 g/mol. The van der Waals surface area contributed by atoms with Gasteiger partial charge in [-0.15, -0.1) is 4.91 Å². The van der Waals surface area contributed by atoms with Crippen LogP contribution in [0.15, 0.2) is 59.2 Å². The molecule has 0 radical (unpaired) electrons. The maximum absolute atomic E-state index is 11.5. The molecule has 1 aromatic heterocycles. The van der Waals surface area contributed by atoms with Crippen molar-refractivity contribution < 1.29 is 0 Å². The highest BCUT2D eigenvalue weighted by molar-refractivity contribution is 5.54. The van der Waals surface area contributed by atoms with Crippen LogP contribution in [0.1, 0.15) is 101 Å². The number of imidazole rings is 1. The molecular weight excluding hydrogens is 396 g/mol. The Morgan fingerprint density at radius 1 is 0.594 bits per heavy atom. The third kappa shape index (κ3) is 4.34. The number of benzene rings is 2. The smallest absolute Gasteiger partial charge is 0.242 e. The summed E-state index contributed by atoms with van der Waals surface area (Å²) >= 11 is 0. The lowest BCUT2D eigenvalue weighted by atomic mass is 9.92. The molecular formula is C27H36N4O. The summed E-state index contributed by atoms with van der Waals surface area (Å²) in [5, 5.41) is 7.10. The summed E-state index contributed by atoms with van der Waals surface area (Å²) in [4.78, 5) is 11.5. The van der Waals surface area contributed by atoms with Gasteiger partial charge in [0.15, 0.2) is 0 Å². The predicted octanol–water partition coefficient (Wildman–Crippen LogP) is 7.34. The van der Waals surface area contributed by atoms with Crippen molar-refractivity contribution in [3.8, 4) is 11.4 Å². The van der Waals surface area contributed by atoms with Crippen LogP contribution in [0.25, 0.3) is 11.4 Å². The Balaban J connectivity index is 2.45. The Kier molecular flexibility index (Phi) is 7.17. The number of rotatable bonds is 7. The second kappa shape index (κ2) is 9.68. The quantitative estimate of drug-likeness (QED) is 0.284. The van der Waals surface area contributed by atoms with Crippen LogP contribution in [0.4, 0.5) is 0 Å². The van der Waals surface area contributed by atoms with Crippen LogP contribution in [0.5, 0.6) is 0 Å². The maximum Gasteiger partial charge on any atom is 0.242 e. The van der Waals surface area contributed by atoms with Crippen molar-refractivity contribution in [2.24, 2.45) is 10.4 Å². The molecule has 3 aromatic rings. The van der Waals surface area contributed by atoms with Crippen LogP contribution in [-0.4, -0.2) is 9.13 Å². The zero-order valence-corrected chi connectivity index (χ0v) is 20.6. The molecule has 0 unspecified atom stereocenters. The number of hydrogen-bond acceptors (Lipinski definition) is 2. The lowest BCUT2D eigenvalue weighted by molar-refractivity contribution is 0.751. The van der Waals surface area contributed by atoms with Crippen LogP contribution >= 0.6 is 0 Å². The van der Waals surface area contributed by atoms with Crippen molar-refractivity contribution >= 4 is 0 Å². The number of nitroso groups, excluding NO2 is 1. The van der Waals surface area contributed by atoms with Gasteiger partial charge in [-0.25, -0.2) is 0 Å². The van der Waals surface area contributed by atoms with E-state index in [4.69, 9.17) is 0 Å². The minimum Gasteiger partial charge on any atom is -0.284 e. The summed E-state index contributed by atoms with van der Waals surface area (Å²) < 4.78 is 4.07. The zero-order valence-electron chi connectivity index (χ0n) is 20.6. The first kappa shape index (κ1) is 23.7. The fourth-order valence-electron chi connectivity index (χ4n) is 4.44. The summed E-state index contributed by atoms with van der Waals surface area (Å²) in [6, 6.07) is 12.9. The highest BCUT2D eigenvalue weighted by atomic mass is 16.3. The van der Waals surface area contributed by atoms with E-state index < -0.39 is 0 Å². The Hall–Kier alpha value is -2.95. The van der Waals surface area contributed by atoms with E-state index in [1.165, 1.54) is 22.3 Å². The van der Waals surface area contributed by atoms with Crippen LogP contribution in [0.3, 0.4) is 0 Å². The van der Waals surface area contributed by atoms with Gasteiger partial charge in [0, 0.05) is 12.4 Å². The maximum atomic E-state index is 11.5. The summed E-state index contributed by atoms with van der Waals surface area (Å²) in [7, 11) is 0. The van der Waals surface area contributed by atoms with Crippen molar-refractivity contribution in [3.05, 3.63) is 81.6 Å². The molecule has 0 atom stereocenters. The van der Waals surface area contributed by atoms with E-state index in [9.17, 15) is 4.91 Å². The second-order valence-corrected chi connectivity index (χ2v) is 9.71. The third-order valence-corrected chi connectivity index (χ3v) is 6.09. The molecule has 0 amide bonds. The number of hydrogen-bond donors (Lipinski definition) is 0. The topological polar surface area (TPSA) is 51.6 Å². The largest absolute Gasteiger partial charge is 0.284 e. The SMILES string of the molecule is CC(C)c1cccc(C(C)C)c1-n1ccn(-c2c(C(C)C)cccc2C(C)C)c1=NN=O. The molecule has 2 aromatic carbocycles. The lowest BCUT2D eigenvalue weighted by Crippen LogP contribution is -2.27. The van der Waals surface area contributed by atoms with Crippen molar-refractivity contribution in [3.63, 3.8) is 0 Å². The molecule has 0 saturated heterocycles. The van der Waals surface area contributed by atoms with Gasteiger partial charge >= 0.3 is 0 Å². The van der Waals surface area contributed by atoms with E-state index in [1.807, 2.05) is 21.5 Å². The molecule has 0 aliphatic heterocycles. The Bertz CT molecular complexity index is 1030. The number of aromatic nitrogens is 2. The van der Waals surface area contributed by atoms with Gasteiger partial charge in [0.2, 0.25) is 5.62 Å². The van der Waals surface area contributed by atoms with Crippen LogP contribution in [-0.2, 0) is 0 Å². The third-order valence-electron chi connectivity index (χ3n) is 6.09. The van der Waals surface area contributed by atoms with Crippen molar-refractivity contribution in [2.45, 2.75) is 79.1 Å².